The lowest BCUT2D eigenvalue weighted by atomic mass is 9.99. The molecule has 2 fully saturated rings. The number of morpholine rings is 1. The summed E-state index contributed by atoms with van der Waals surface area (Å²) in [5.41, 5.74) is 0.221. The average molecular weight is 428 g/mol. The predicted molar refractivity (Wildman–Crippen MR) is 111 cm³/mol. The van der Waals surface area contributed by atoms with Gasteiger partial charge in [-0.15, -0.1) is 0 Å². The van der Waals surface area contributed by atoms with Gasteiger partial charge in [0, 0.05) is 31.7 Å². The second-order valence-electron chi connectivity index (χ2n) is 7.76. The molecule has 0 aliphatic carbocycles. The van der Waals surface area contributed by atoms with Crippen LogP contribution in [0.25, 0.3) is 5.76 Å². The first-order valence-corrected chi connectivity index (χ1v) is 10.4. The first kappa shape index (κ1) is 21.3. The number of nitrogens with zero attached hydrogens (tertiary/aromatic N) is 2. The lowest BCUT2D eigenvalue weighted by molar-refractivity contribution is -0.140. The molecule has 0 radical (unpaired) electrons. The van der Waals surface area contributed by atoms with Crippen LogP contribution < -0.4 is 0 Å². The van der Waals surface area contributed by atoms with E-state index in [4.69, 9.17) is 9.15 Å². The fourth-order valence-corrected chi connectivity index (χ4v) is 4.06. The van der Waals surface area contributed by atoms with Crippen molar-refractivity contribution in [3.05, 3.63) is 64.9 Å². The van der Waals surface area contributed by atoms with Crippen molar-refractivity contribution in [1.82, 2.24) is 9.80 Å². The second kappa shape index (κ2) is 9.03. The molecule has 31 heavy (non-hydrogen) atoms. The summed E-state index contributed by atoms with van der Waals surface area (Å²) in [5, 5.41) is 10.9. The Morgan fingerprint density at radius 3 is 2.45 bits per heavy atom. The van der Waals surface area contributed by atoms with Gasteiger partial charge in [-0.25, -0.2) is 4.39 Å². The maximum Gasteiger partial charge on any atom is 0.295 e. The molecule has 2 saturated heterocycles. The molecule has 1 amide bonds. The molecule has 8 heteroatoms. The zero-order chi connectivity index (χ0) is 22.0. The number of ether oxygens (including phenoxy) is 1. The standard InChI is InChI=1S/C23H25FN2O5/c1-15-3-8-18(31-15)20-19(21(27)16-4-6-17(24)7-5-16)22(28)23(29)26(20)10-2-9-25-11-13-30-14-12-25/h3-8,20,27H,2,9-14H2,1H3/b21-19+. The molecule has 2 aliphatic rings. The molecule has 1 N–H and O–H groups in total. The number of amides is 1. The van der Waals surface area contributed by atoms with Gasteiger partial charge < -0.3 is 19.2 Å². The zero-order valence-corrected chi connectivity index (χ0v) is 17.3. The van der Waals surface area contributed by atoms with Gasteiger partial charge in [0.05, 0.1) is 18.8 Å². The fourth-order valence-electron chi connectivity index (χ4n) is 4.06. The smallest absolute Gasteiger partial charge is 0.295 e. The van der Waals surface area contributed by atoms with Crippen LogP contribution in [0.1, 0.15) is 29.5 Å². The largest absolute Gasteiger partial charge is 0.507 e. The minimum Gasteiger partial charge on any atom is -0.507 e. The Bertz CT molecular complexity index is 992. The molecule has 1 atom stereocenters. The molecule has 0 saturated carbocycles. The third kappa shape index (κ3) is 4.40. The van der Waals surface area contributed by atoms with Crippen molar-refractivity contribution >= 4 is 17.4 Å². The third-order valence-corrected chi connectivity index (χ3v) is 5.67. The third-order valence-electron chi connectivity index (χ3n) is 5.67. The average Bonchev–Trinajstić information content (AvgIpc) is 3.30. The number of hydrogen-bond acceptors (Lipinski definition) is 6. The van der Waals surface area contributed by atoms with Crippen molar-refractivity contribution < 1.29 is 28.2 Å². The van der Waals surface area contributed by atoms with Gasteiger partial charge in [0.25, 0.3) is 11.7 Å². The highest BCUT2D eigenvalue weighted by atomic mass is 19.1. The number of carbonyl (C=O) groups excluding carboxylic acids is 2. The van der Waals surface area contributed by atoms with Crippen LogP contribution in [-0.4, -0.2) is 66.0 Å². The molecule has 3 heterocycles. The SMILES string of the molecule is Cc1ccc(C2/C(=C(\O)c3ccc(F)cc3)C(=O)C(=O)N2CCCN2CCOCC2)o1. The number of likely N-dealkylation sites (tertiary alicyclic amines) is 1. The summed E-state index contributed by atoms with van der Waals surface area (Å²) < 4.78 is 24.4. The van der Waals surface area contributed by atoms with E-state index >= 15 is 0 Å². The van der Waals surface area contributed by atoms with Crippen molar-refractivity contribution in [2.45, 2.75) is 19.4 Å². The van der Waals surface area contributed by atoms with E-state index in [2.05, 4.69) is 4.90 Å². The molecular formula is C23H25FN2O5. The van der Waals surface area contributed by atoms with Gasteiger partial charge in [-0.2, -0.15) is 0 Å². The molecule has 2 aliphatic heterocycles. The molecule has 0 spiro atoms. The monoisotopic (exact) mass is 428 g/mol. The van der Waals surface area contributed by atoms with E-state index in [0.717, 1.165) is 19.6 Å². The highest BCUT2D eigenvalue weighted by molar-refractivity contribution is 6.46. The number of halogens is 1. The minimum absolute atomic E-state index is 0.0441. The van der Waals surface area contributed by atoms with Crippen LogP contribution in [0, 0.1) is 12.7 Å². The number of carbonyl (C=O) groups is 2. The minimum atomic E-state index is -0.830. The van der Waals surface area contributed by atoms with Crippen molar-refractivity contribution in [3.63, 3.8) is 0 Å². The summed E-state index contributed by atoms with van der Waals surface area (Å²) in [7, 11) is 0. The topological polar surface area (TPSA) is 83.2 Å². The van der Waals surface area contributed by atoms with Crippen LogP contribution in [0.3, 0.4) is 0 Å². The summed E-state index contributed by atoms with van der Waals surface area (Å²) in [5.74, 6) is -1.20. The van der Waals surface area contributed by atoms with Crippen molar-refractivity contribution in [1.29, 1.82) is 0 Å². The number of Topliss-reactive ketones (excluding diaryl/α,β-unsaturated/α-hetero) is 1. The summed E-state index contributed by atoms with van der Waals surface area (Å²) in [6.07, 6.45) is 0.666. The van der Waals surface area contributed by atoms with Crippen LogP contribution in [-0.2, 0) is 14.3 Å². The lowest BCUT2D eigenvalue weighted by Gasteiger charge is -2.28. The zero-order valence-electron chi connectivity index (χ0n) is 17.3. The van der Waals surface area contributed by atoms with E-state index in [0.29, 0.717) is 37.7 Å². The summed E-state index contributed by atoms with van der Waals surface area (Å²) >= 11 is 0. The lowest BCUT2D eigenvalue weighted by Crippen LogP contribution is -2.38. The molecule has 2 aromatic rings. The van der Waals surface area contributed by atoms with Gasteiger partial charge in [0.2, 0.25) is 0 Å². The van der Waals surface area contributed by atoms with Gasteiger partial charge in [-0.05, 0) is 49.7 Å². The van der Waals surface area contributed by atoms with Crippen LogP contribution in [0.2, 0.25) is 0 Å². The van der Waals surface area contributed by atoms with Crippen molar-refractivity contribution in [2.75, 3.05) is 39.4 Å². The predicted octanol–water partition coefficient (Wildman–Crippen LogP) is 2.87. The van der Waals surface area contributed by atoms with E-state index in [9.17, 15) is 19.1 Å². The van der Waals surface area contributed by atoms with Gasteiger partial charge in [0.15, 0.2) is 0 Å². The molecular weight excluding hydrogens is 403 g/mol. The van der Waals surface area contributed by atoms with E-state index in [1.807, 2.05) is 0 Å². The first-order chi connectivity index (χ1) is 15.0. The van der Waals surface area contributed by atoms with Gasteiger partial charge in [0.1, 0.15) is 29.1 Å². The molecule has 0 bridgehead atoms. The van der Waals surface area contributed by atoms with Crippen molar-refractivity contribution in [3.8, 4) is 0 Å². The Kier molecular flexibility index (Phi) is 6.20. The molecule has 1 aromatic carbocycles. The highest BCUT2D eigenvalue weighted by Crippen LogP contribution is 2.40. The number of ketones is 1. The van der Waals surface area contributed by atoms with Gasteiger partial charge in [-0.1, -0.05) is 0 Å². The second-order valence-corrected chi connectivity index (χ2v) is 7.76. The van der Waals surface area contributed by atoms with Crippen LogP contribution in [0.15, 0.2) is 46.4 Å². The summed E-state index contributed by atoms with van der Waals surface area (Å²) in [6.45, 7) is 5.94. The van der Waals surface area contributed by atoms with Crippen LogP contribution >= 0.6 is 0 Å². The summed E-state index contributed by atoms with van der Waals surface area (Å²) in [4.78, 5) is 29.5. The van der Waals surface area contributed by atoms with E-state index in [1.54, 1.807) is 19.1 Å². The maximum absolute atomic E-state index is 13.3. The normalized spacial score (nSPS) is 21.7. The molecule has 1 aromatic heterocycles. The Balaban J connectivity index is 1.64. The fraction of sp³-hybridized carbons (Fsp3) is 0.391. The molecule has 4 rings (SSSR count). The van der Waals surface area contributed by atoms with Gasteiger partial charge >= 0.3 is 0 Å². The number of aryl methyl sites for hydroxylation is 1. The van der Waals surface area contributed by atoms with Crippen LogP contribution in [0.5, 0.6) is 0 Å². The Labute approximate surface area is 179 Å². The van der Waals surface area contributed by atoms with E-state index < -0.39 is 23.5 Å². The molecule has 164 valence electrons. The molecule has 7 nitrogen and oxygen atoms in total. The first-order valence-electron chi connectivity index (χ1n) is 10.4. The highest BCUT2D eigenvalue weighted by Gasteiger charge is 2.47. The van der Waals surface area contributed by atoms with Crippen molar-refractivity contribution in [2.24, 2.45) is 0 Å². The Morgan fingerprint density at radius 1 is 1.10 bits per heavy atom. The number of hydrogen-bond donors (Lipinski definition) is 1. The maximum atomic E-state index is 13.3. The number of aliphatic hydroxyl groups is 1. The number of aliphatic hydroxyl groups excluding tert-OH is 1. The number of benzene rings is 1. The quantitative estimate of drug-likeness (QED) is 0.433. The van der Waals surface area contributed by atoms with E-state index in [1.165, 1.54) is 29.2 Å². The Hall–Kier alpha value is -2.97. The van der Waals surface area contributed by atoms with E-state index in [-0.39, 0.29) is 16.9 Å². The molecule has 1 unspecified atom stereocenters. The number of furan rings is 1. The summed E-state index contributed by atoms with van der Waals surface area (Å²) in [6, 6.07) is 7.77. The van der Waals surface area contributed by atoms with Crippen LogP contribution in [0.4, 0.5) is 4.39 Å². The Morgan fingerprint density at radius 2 is 1.81 bits per heavy atom. The number of rotatable bonds is 6. The van der Waals surface area contributed by atoms with Gasteiger partial charge in [-0.3, -0.25) is 14.5 Å².